The highest BCUT2D eigenvalue weighted by atomic mass is 16.2. The van der Waals surface area contributed by atoms with Crippen LogP contribution < -0.4 is 5.32 Å². The van der Waals surface area contributed by atoms with Gasteiger partial charge in [-0.25, -0.2) is 9.48 Å². The molecule has 2 aliphatic rings. The minimum atomic E-state index is -0.0441. The molecule has 1 aliphatic heterocycles. The molecule has 0 bridgehead atoms. The summed E-state index contributed by atoms with van der Waals surface area (Å²) in [5.74, 6) is 1.50. The first-order valence-corrected chi connectivity index (χ1v) is 9.08. The van der Waals surface area contributed by atoms with Gasteiger partial charge in [0.1, 0.15) is 0 Å². The second-order valence-corrected chi connectivity index (χ2v) is 7.66. The Kier molecular flexibility index (Phi) is 3.98. The Balaban J connectivity index is 1.41. The molecule has 3 heterocycles. The van der Waals surface area contributed by atoms with Crippen LogP contribution in [0.1, 0.15) is 38.2 Å². The maximum absolute atomic E-state index is 12.6. The van der Waals surface area contributed by atoms with Crippen molar-refractivity contribution in [3.8, 4) is 5.69 Å². The first-order chi connectivity index (χ1) is 12.0. The summed E-state index contributed by atoms with van der Waals surface area (Å²) in [6, 6.07) is 3.77. The predicted octanol–water partition coefficient (Wildman–Crippen LogP) is 3.62. The van der Waals surface area contributed by atoms with Gasteiger partial charge in [0.05, 0.1) is 11.9 Å². The van der Waals surface area contributed by atoms with Crippen LogP contribution in [0.15, 0.2) is 30.7 Å². The number of nitrogens with zero attached hydrogens (tertiary/aromatic N) is 4. The third-order valence-corrected chi connectivity index (χ3v) is 5.79. The molecule has 4 rings (SSSR count). The van der Waals surface area contributed by atoms with Crippen molar-refractivity contribution in [1.29, 1.82) is 0 Å². The predicted molar refractivity (Wildman–Crippen MR) is 96.8 cm³/mol. The van der Waals surface area contributed by atoms with Crippen LogP contribution >= 0.6 is 0 Å². The van der Waals surface area contributed by atoms with Gasteiger partial charge in [0.15, 0.2) is 5.82 Å². The summed E-state index contributed by atoms with van der Waals surface area (Å²) in [5, 5.41) is 7.48. The number of nitrogens with one attached hydrogen (secondary N) is 1. The summed E-state index contributed by atoms with van der Waals surface area (Å²) in [4.78, 5) is 18.6. The number of anilines is 1. The largest absolute Gasteiger partial charge is 0.324 e. The molecular formula is C19H25N5O. The molecule has 1 saturated heterocycles. The first-order valence-electron chi connectivity index (χ1n) is 9.08. The number of rotatable bonds is 3. The number of carbonyl (C=O) groups is 1. The van der Waals surface area contributed by atoms with Crippen molar-refractivity contribution in [3.05, 3.63) is 36.3 Å². The Labute approximate surface area is 148 Å². The van der Waals surface area contributed by atoms with E-state index in [4.69, 9.17) is 0 Å². The number of carbonyl (C=O) groups excluding carboxylic acids is 1. The smallest absolute Gasteiger partial charge is 0.323 e. The van der Waals surface area contributed by atoms with Gasteiger partial charge < -0.3 is 4.90 Å². The number of amides is 2. The molecule has 2 fully saturated rings. The molecule has 0 radical (unpaired) electrons. The number of hydrogen-bond donors (Lipinski definition) is 1. The van der Waals surface area contributed by atoms with Crippen LogP contribution in [-0.4, -0.2) is 38.8 Å². The Bertz CT molecular complexity index is 757. The van der Waals surface area contributed by atoms with Gasteiger partial charge in [-0.15, -0.1) is 5.10 Å². The van der Waals surface area contributed by atoms with Crippen LogP contribution in [0.5, 0.6) is 0 Å². The average Bonchev–Trinajstić information content (AvgIpc) is 3.42. The summed E-state index contributed by atoms with van der Waals surface area (Å²) in [6.07, 6.45) is 10.3. The molecule has 25 heavy (non-hydrogen) atoms. The maximum atomic E-state index is 12.6. The molecular weight excluding hydrogens is 314 g/mol. The number of hydrogen-bond acceptors (Lipinski definition) is 3. The van der Waals surface area contributed by atoms with Crippen LogP contribution in [0.3, 0.4) is 0 Å². The van der Waals surface area contributed by atoms with Crippen LogP contribution in [0.4, 0.5) is 10.6 Å². The number of aryl methyl sites for hydroxylation is 1. The molecule has 2 aromatic heterocycles. The zero-order valence-corrected chi connectivity index (χ0v) is 14.9. The van der Waals surface area contributed by atoms with Crippen molar-refractivity contribution in [3.63, 3.8) is 0 Å². The van der Waals surface area contributed by atoms with Gasteiger partial charge in [0.25, 0.3) is 0 Å². The van der Waals surface area contributed by atoms with Gasteiger partial charge in [0, 0.05) is 31.0 Å². The van der Waals surface area contributed by atoms with Gasteiger partial charge in [-0.2, -0.15) is 0 Å². The van der Waals surface area contributed by atoms with E-state index in [1.165, 1.54) is 12.8 Å². The van der Waals surface area contributed by atoms with E-state index in [1.54, 1.807) is 17.1 Å². The van der Waals surface area contributed by atoms with E-state index in [0.29, 0.717) is 11.2 Å². The van der Waals surface area contributed by atoms with Crippen LogP contribution in [-0.2, 0) is 0 Å². The Morgan fingerprint density at radius 2 is 2.08 bits per heavy atom. The number of aromatic nitrogens is 3. The number of likely N-dealkylation sites (tertiary alicyclic amines) is 1. The van der Waals surface area contributed by atoms with Crippen molar-refractivity contribution in [2.24, 2.45) is 11.3 Å². The van der Waals surface area contributed by atoms with Gasteiger partial charge in [-0.3, -0.25) is 10.3 Å². The van der Waals surface area contributed by atoms with E-state index in [1.807, 2.05) is 30.2 Å². The maximum Gasteiger partial charge on any atom is 0.323 e. The molecule has 1 N–H and O–H groups in total. The molecule has 1 aliphatic carbocycles. The molecule has 6 nitrogen and oxygen atoms in total. The van der Waals surface area contributed by atoms with Crippen molar-refractivity contribution >= 4 is 11.8 Å². The summed E-state index contributed by atoms with van der Waals surface area (Å²) in [5.41, 5.74) is 2.26. The molecule has 6 heteroatoms. The summed E-state index contributed by atoms with van der Waals surface area (Å²) >= 11 is 0. The third kappa shape index (κ3) is 3.25. The van der Waals surface area contributed by atoms with Crippen LogP contribution in [0.25, 0.3) is 5.69 Å². The molecule has 0 unspecified atom stereocenters. The summed E-state index contributed by atoms with van der Waals surface area (Å²) in [7, 11) is 0. The average molecular weight is 339 g/mol. The van der Waals surface area contributed by atoms with Crippen LogP contribution in [0.2, 0.25) is 0 Å². The fourth-order valence-corrected chi connectivity index (χ4v) is 3.79. The molecule has 1 saturated carbocycles. The van der Waals surface area contributed by atoms with Crippen molar-refractivity contribution in [1.82, 2.24) is 19.7 Å². The SMILES string of the molecule is Cc1cn(-c2cccnc2)nc1NC(=O)N1CCC(C)(C2CC2)CC1. The van der Waals surface area contributed by atoms with E-state index < -0.39 is 0 Å². The van der Waals surface area contributed by atoms with E-state index in [9.17, 15) is 4.79 Å². The molecule has 2 amide bonds. The topological polar surface area (TPSA) is 63.1 Å². The van der Waals surface area contributed by atoms with Crippen molar-refractivity contribution in [2.75, 3.05) is 18.4 Å². The van der Waals surface area contributed by atoms with Gasteiger partial charge in [-0.05, 0) is 56.1 Å². The molecule has 0 atom stereocenters. The van der Waals surface area contributed by atoms with E-state index in [2.05, 4.69) is 22.3 Å². The van der Waals surface area contributed by atoms with Gasteiger partial charge >= 0.3 is 6.03 Å². The van der Waals surface area contributed by atoms with Gasteiger partial charge in [0.2, 0.25) is 0 Å². The molecule has 0 spiro atoms. The van der Waals surface area contributed by atoms with Crippen molar-refractivity contribution in [2.45, 2.75) is 39.5 Å². The van der Waals surface area contributed by atoms with Gasteiger partial charge in [-0.1, -0.05) is 6.92 Å². The lowest BCUT2D eigenvalue weighted by Gasteiger charge is -2.39. The summed E-state index contributed by atoms with van der Waals surface area (Å²) < 4.78 is 1.75. The Morgan fingerprint density at radius 1 is 1.32 bits per heavy atom. The zero-order chi connectivity index (χ0) is 17.4. The normalized spacial score (nSPS) is 19.7. The second-order valence-electron chi connectivity index (χ2n) is 7.66. The minimum absolute atomic E-state index is 0.0441. The van der Waals surface area contributed by atoms with E-state index in [0.717, 1.165) is 43.1 Å². The first kappa shape index (κ1) is 16.1. The lowest BCUT2D eigenvalue weighted by atomic mass is 9.76. The van der Waals surface area contributed by atoms with Crippen LogP contribution in [0, 0.1) is 18.3 Å². The van der Waals surface area contributed by atoms with E-state index in [-0.39, 0.29) is 6.03 Å². The number of urea groups is 1. The fourth-order valence-electron chi connectivity index (χ4n) is 3.79. The van der Waals surface area contributed by atoms with E-state index >= 15 is 0 Å². The molecule has 132 valence electrons. The number of piperidine rings is 1. The second kappa shape index (κ2) is 6.17. The lowest BCUT2D eigenvalue weighted by molar-refractivity contribution is 0.118. The summed E-state index contributed by atoms with van der Waals surface area (Å²) in [6.45, 7) is 6.01. The monoisotopic (exact) mass is 339 g/mol. The molecule has 0 aromatic carbocycles. The quantitative estimate of drug-likeness (QED) is 0.929. The third-order valence-electron chi connectivity index (χ3n) is 5.79. The molecule has 2 aromatic rings. The number of pyridine rings is 1. The van der Waals surface area contributed by atoms with Crippen molar-refractivity contribution < 1.29 is 4.79 Å². The fraction of sp³-hybridized carbons (Fsp3) is 0.526. The standard InChI is InChI=1S/C19H25N5O/c1-14-13-24(16-4-3-9-20-12-16)22-17(14)21-18(25)23-10-7-19(2,8-11-23)15-5-6-15/h3-4,9,12-13,15H,5-8,10-11H2,1-2H3,(H,21,22,25). The lowest BCUT2D eigenvalue weighted by Crippen LogP contribution is -2.44. The Morgan fingerprint density at radius 3 is 2.72 bits per heavy atom. The minimum Gasteiger partial charge on any atom is -0.324 e. The highest BCUT2D eigenvalue weighted by Gasteiger charge is 2.43. The highest BCUT2D eigenvalue weighted by Crippen LogP contribution is 2.51. The zero-order valence-electron chi connectivity index (χ0n) is 14.9. The highest BCUT2D eigenvalue weighted by molar-refractivity contribution is 5.89. The Hall–Kier alpha value is -2.37.